The molecule has 1 aliphatic heterocycles. The molecule has 0 spiro atoms. The van der Waals surface area contributed by atoms with E-state index < -0.39 is 11.9 Å². The number of amides is 2. The van der Waals surface area contributed by atoms with Gasteiger partial charge >= 0.3 is 0 Å². The molecule has 1 rings (SSSR count). The second-order valence-electron chi connectivity index (χ2n) is 5.09. The predicted molar refractivity (Wildman–Crippen MR) is 62.6 cm³/mol. The Kier molecular flexibility index (Phi) is 3.94. The van der Waals surface area contributed by atoms with Gasteiger partial charge in [0.1, 0.15) is 6.04 Å². The van der Waals surface area contributed by atoms with Crippen LogP contribution in [0.2, 0.25) is 0 Å². The molecule has 4 nitrogen and oxygen atoms in total. The molecule has 0 unspecified atom stereocenters. The monoisotopic (exact) mass is 226 g/mol. The third kappa shape index (κ3) is 2.54. The van der Waals surface area contributed by atoms with E-state index in [9.17, 15) is 9.59 Å². The molecule has 0 aromatic carbocycles. The molecule has 2 atom stereocenters. The van der Waals surface area contributed by atoms with Crippen LogP contribution in [0, 0.1) is 5.41 Å². The van der Waals surface area contributed by atoms with Crippen molar-refractivity contribution in [3.05, 3.63) is 0 Å². The summed E-state index contributed by atoms with van der Waals surface area (Å²) < 4.78 is 0. The predicted octanol–water partition coefficient (Wildman–Crippen LogP) is 1.29. The van der Waals surface area contributed by atoms with Crippen LogP contribution in [0.3, 0.4) is 0 Å². The lowest BCUT2D eigenvalue weighted by atomic mass is 9.85. The van der Waals surface area contributed by atoms with E-state index >= 15 is 0 Å². The molecule has 1 saturated heterocycles. The SMILES string of the molecule is CCC[C@]1(C)CC(=O)N([C@@H](CC)C(N)=O)C1. The smallest absolute Gasteiger partial charge is 0.240 e. The van der Waals surface area contributed by atoms with Crippen LogP contribution in [-0.4, -0.2) is 29.3 Å². The highest BCUT2D eigenvalue weighted by Crippen LogP contribution is 2.36. The number of rotatable bonds is 5. The third-order valence-corrected chi connectivity index (χ3v) is 3.40. The molecule has 0 radical (unpaired) electrons. The van der Waals surface area contributed by atoms with E-state index in [1.54, 1.807) is 4.90 Å². The van der Waals surface area contributed by atoms with Crippen LogP contribution in [0.15, 0.2) is 0 Å². The molecule has 92 valence electrons. The summed E-state index contributed by atoms with van der Waals surface area (Å²) in [6, 6.07) is -0.425. The Bertz CT molecular complexity index is 291. The molecule has 1 heterocycles. The van der Waals surface area contributed by atoms with Gasteiger partial charge in [0, 0.05) is 13.0 Å². The Hall–Kier alpha value is -1.06. The van der Waals surface area contributed by atoms with Crippen molar-refractivity contribution in [2.24, 2.45) is 11.1 Å². The van der Waals surface area contributed by atoms with Gasteiger partial charge in [-0.25, -0.2) is 0 Å². The molecular weight excluding hydrogens is 204 g/mol. The molecule has 1 fully saturated rings. The van der Waals surface area contributed by atoms with Crippen LogP contribution in [0.25, 0.3) is 0 Å². The van der Waals surface area contributed by atoms with Crippen LogP contribution < -0.4 is 5.73 Å². The average Bonchev–Trinajstić information content (AvgIpc) is 2.43. The maximum Gasteiger partial charge on any atom is 0.240 e. The van der Waals surface area contributed by atoms with Gasteiger partial charge in [-0.1, -0.05) is 27.2 Å². The summed E-state index contributed by atoms with van der Waals surface area (Å²) in [5.41, 5.74) is 5.34. The molecule has 16 heavy (non-hydrogen) atoms. The summed E-state index contributed by atoms with van der Waals surface area (Å²) >= 11 is 0. The molecule has 2 amide bonds. The molecule has 4 heteroatoms. The van der Waals surface area contributed by atoms with Crippen molar-refractivity contribution in [2.45, 2.75) is 52.5 Å². The first-order valence-electron chi connectivity index (χ1n) is 6.02. The van der Waals surface area contributed by atoms with Gasteiger partial charge in [-0.05, 0) is 18.3 Å². The van der Waals surface area contributed by atoms with Crippen molar-refractivity contribution < 1.29 is 9.59 Å². The highest BCUT2D eigenvalue weighted by Gasteiger charge is 2.42. The van der Waals surface area contributed by atoms with Crippen molar-refractivity contribution in [2.75, 3.05) is 6.54 Å². The summed E-state index contributed by atoms with van der Waals surface area (Å²) in [4.78, 5) is 24.8. The second-order valence-corrected chi connectivity index (χ2v) is 5.09. The summed E-state index contributed by atoms with van der Waals surface area (Å²) in [7, 11) is 0. The first-order chi connectivity index (χ1) is 7.43. The zero-order chi connectivity index (χ0) is 12.3. The lowest BCUT2D eigenvalue weighted by molar-refractivity contribution is -0.136. The second kappa shape index (κ2) is 4.85. The van der Waals surface area contributed by atoms with Gasteiger partial charge in [0.2, 0.25) is 11.8 Å². The van der Waals surface area contributed by atoms with Crippen LogP contribution >= 0.6 is 0 Å². The first-order valence-corrected chi connectivity index (χ1v) is 6.02. The minimum Gasteiger partial charge on any atom is -0.368 e. The van der Waals surface area contributed by atoms with Gasteiger partial charge in [-0.2, -0.15) is 0 Å². The Morgan fingerprint density at radius 1 is 1.56 bits per heavy atom. The van der Waals surface area contributed by atoms with Gasteiger partial charge in [0.05, 0.1) is 0 Å². The zero-order valence-electron chi connectivity index (χ0n) is 10.5. The van der Waals surface area contributed by atoms with Crippen molar-refractivity contribution in [1.29, 1.82) is 0 Å². The maximum absolute atomic E-state index is 11.9. The number of nitrogens with two attached hydrogens (primary N) is 1. The zero-order valence-corrected chi connectivity index (χ0v) is 10.5. The molecule has 1 aliphatic rings. The van der Waals surface area contributed by atoms with Gasteiger partial charge in [0.25, 0.3) is 0 Å². The van der Waals surface area contributed by atoms with Crippen molar-refractivity contribution >= 4 is 11.8 Å². The van der Waals surface area contributed by atoms with E-state index in [1.807, 2.05) is 6.92 Å². The fraction of sp³-hybridized carbons (Fsp3) is 0.833. The number of hydrogen-bond acceptors (Lipinski definition) is 2. The molecular formula is C12H22N2O2. The Morgan fingerprint density at radius 2 is 2.19 bits per heavy atom. The van der Waals surface area contributed by atoms with E-state index in [0.29, 0.717) is 19.4 Å². The minimum atomic E-state index is -0.425. The number of hydrogen-bond donors (Lipinski definition) is 1. The fourth-order valence-electron chi connectivity index (χ4n) is 2.65. The normalized spacial score (nSPS) is 27.2. The fourth-order valence-corrected chi connectivity index (χ4v) is 2.65. The lowest BCUT2D eigenvalue weighted by Gasteiger charge is -2.27. The first kappa shape index (κ1) is 13.0. The van der Waals surface area contributed by atoms with E-state index in [-0.39, 0.29) is 11.3 Å². The summed E-state index contributed by atoms with van der Waals surface area (Å²) in [5, 5.41) is 0. The largest absolute Gasteiger partial charge is 0.368 e. The highest BCUT2D eigenvalue weighted by molar-refractivity contribution is 5.88. The van der Waals surface area contributed by atoms with E-state index in [4.69, 9.17) is 5.73 Å². The quantitative estimate of drug-likeness (QED) is 0.767. The van der Waals surface area contributed by atoms with Crippen molar-refractivity contribution in [1.82, 2.24) is 4.90 Å². The van der Waals surface area contributed by atoms with Crippen LogP contribution in [0.4, 0.5) is 0 Å². The van der Waals surface area contributed by atoms with Crippen LogP contribution in [0.5, 0.6) is 0 Å². The Balaban J connectivity index is 2.77. The Labute approximate surface area is 97.2 Å². The van der Waals surface area contributed by atoms with Gasteiger partial charge in [-0.15, -0.1) is 0 Å². The number of primary amides is 1. The molecule has 0 aromatic rings. The van der Waals surface area contributed by atoms with E-state index in [1.165, 1.54) is 0 Å². The molecule has 2 N–H and O–H groups in total. The highest BCUT2D eigenvalue weighted by atomic mass is 16.2. The standard InChI is InChI=1S/C12H22N2O2/c1-4-6-12(3)7-10(15)14(8-12)9(5-2)11(13)16/h9H,4-8H2,1-3H3,(H2,13,16)/t9-,12+/m0/s1. The Morgan fingerprint density at radius 3 is 2.62 bits per heavy atom. The lowest BCUT2D eigenvalue weighted by Crippen LogP contribution is -2.45. The van der Waals surface area contributed by atoms with Crippen molar-refractivity contribution in [3.63, 3.8) is 0 Å². The molecule has 0 aliphatic carbocycles. The number of nitrogens with zero attached hydrogens (tertiary/aromatic N) is 1. The maximum atomic E-state index is 11.9. The number of likely N-dealkylation sites (tertiary alicyclic amines) is 1. The summed E-state index contributed by atoms with van der Waals surface area (Å²) in [6.07, 6.45) is 3.23. The molecule has 0 aromatic heterocycles. The van der Waals surface area contributed by atoms with E-state index in [0.717, 1.165) is 12.8 Å². The van der Waals surface area contributed by atoms with E-state index in [2.05, 4.69) is 13.8 Å². The van der Waals surface area contributed by atoms with Crippen LogP contribution in [-0.2, 0) is 9.59 Å². The van der Waals surface area contributed by atoms with Gasteiger partial charge in [-0.3, -0.25) is 9.59 Å². The molecule has 0 bridgehead atoms. The molecule has 0 saturated carbocycles. The van der Waals surface area contributed by atoms with Gasteiger partial charge < -0.3 is 10.6 Å². The number of carbonyl (C=O) groups excluding carboxylic acids is 2. The summed E-state index contributed by atoms with van der Waals surface area (Å²) in [6.45, 7) is 6.78. The third-order valence-electron chi connectivity index (χ3n) is 3.40. The van der Waals surface area contributed by atoms with Crippen molar-refractivity contribution in [3.8, 4) is 0 Å². The average molecular weight is 226 g/mol. The topological polar surface area (TPSA) is 63.4 Å². The van der Waals surface area contributed by atoms with Crippen LogP contribution in [0.1, 0.15) is 46.5 Å². The minimum absolute atomic E-state index is 0.0225. The summed E-state index contributed by atoms with van der Waals surface area (Å²) in [5.74, 6) is -0.321. The van der Waals surface area contributed by atoms with Gasteiger partial charge in [0.15, 0.2) is 0 Å². The number of carbonyl (C=O) groups is 2.